The summed E-state index contributed by atoms with van der Waals surface area (Å²) in [5.74, 6) is 5.87. The van der Waals surface area contributed by atoms with Gasteiger partial charge in [-0.1, -0.05) is 11.6 Å². The van der Waals surface area contributed by atoms with Crippen LogP contribution in [0.5, 0.6) is 0 Å². The molecule has 2 aliphatic carbocycles. The van der Waals surface area contributed by atoms with Gasteiger partial charge in [-0.05, 0) is 44.2 Å². The van der Waals surface area contributed by atoms with Crippen molar-refractivity contribution in [3.8, 4) is 11.8 Å². The maximum atomic E-state index is 12.5. The summed E-state index contributed by atoms with van der Waals surface area (Å²) >= 11 is 7.35. The van der Waals surface area contributed by atoms with E-state index in [-0.39, 0.29) is 29.5 Å². The molecule has 0 radical (unpaired) electrons. The molecule has 1 saturated carbocycles. The fourth-order valence-corrected chi connectivity index (χ4v) is 5.29. The molecule has 1 fully saturated rings. The molecule has 5 rings (SSSR count). The lowest BCUT2D eigenvalue weighted by molar-refractivity contribution is -0.129. The molecule has 3 heterocycles. The third-order valence-corrected chi connectivity index (χ3v) is 7.09. The van der Waals surface area contributed by atoms with E-state index in [0.29, 0.717) is 33.4 Å². The molecule has 33 heavy (non-hydrogen) atoms. The minimum Gasteiger partial charge on any atom is -0.508 e. The molecule has 0 spiro atoms. The zero-order valence-corrected chi connectivity index (χ0v) is 19.6. The second-order valence-corrected chi connectivity index (χ2v) is 10.1. The highest BCUT2D eigenvalue weighted by Gasteiger charge is 2.72. The number of halogens is 1. The van der Waals surface area contributed by atoms with Gasteiger partial charge in [0.15, 0.2) is 17.0 Å². The maximum Gasteiger partial charge on any atom is 0.229 e. The van der Waals surface area contributed by atoms with Crippen molar-refractivity contribution in [2.24, 2.45) is 11.3 Å². The molecule has 3 atom stereocenters. The molecule has 0 bridgehead atoms. The Kier molecular flexibility index (Phi) is 5.08. The molecule has 11 heteroatoms. The van der Waals surface area contributed by atoms with E-state index in [4.69, 9.17) is 11.6 Å². The van der Waals surface area contributed by atoms with Crippen LogP contribution in [0.15, 0.2) is 24.2 Å². The van der Waals surface area contributed by atoms with Gasteiger partial charge in [0.1, 0.15) is 18.2 Å². The zero-order valence-electron chi connectivity index (χ0n) is 18.0. The summed E-state index contributed by atoms with van der Waals surface area (Å²) in [7, 11) is 1.52. The summed E-state index contributed by atoms with van der Waals surface area (Å²) in [6, 6.07) is 3.68. The van der Waals surface area contributed by atoms with E-state index in [1.54, 1.807) is 10.6 Å². The van der Waals surface area contributed by atoms with Crippen molar-refractivity contribution in [3.05, 3.63) is 39.3 Å². The first-order valence-corrected chi connectivity index (χ1v) is 11.6. The molecule has 2 unspecified atom stereocenters. The number of carbonyl (C=O) groups excluding carboxylic acids is 1. The van der Waals surface area contributed by atoms with Crippen LogP contribution in [0.25, 0.3) is 16.9 Å². The molecular weight excluding hydrogens is 464 g/mol. The van der Waals surface area contributed by atoms with Gasteiger partial charge in [0.2, 0.25) is 11.7 Å². The Labute approximate surface area is 198 Å². The fourth-order valence-electron chi connectivity index (χ4n) is 4.39. The molecule has 3 aromatic rings. The number of fused-ring (bicyclic) bond motifs is 2. The predicted octanol–water partition coefficient (Wildman–Crippen LogP) is 2.61. The van der Waals surface area contributed by atoms with Gasteiger partial charge in [0.05, 0.1) is 20.3 Å². The number of rotatable bonds is 4. The van der Waals surface area contributed by atoms with Crippen LogP contribution in [0.2, 0.25) is 4.34 Å². The first-order chi connectivity index (χ1) is 15.8. The number of amides is 1. The third-order valence-electron chi connectivity index (χ3n) is 5.94. The Bertz CT molecular complexity index is 1380. The minimum atomic E-state index is -1.28. The average molecular weight is 485 g/mol. The van der Waals surface area contributed by atoms with E-state index in [1.807, 2.05) is 19.9 Å². The number of hydrogen-bond acceptors (Lipinski definition) is 8. The van der Waals surface area contributed by atoms with Crippen molar-refractivity contribution in [2.45, 2.75) is 32.4 Å². The highest BCUT2D eigenvalue weighted by molar-refractivity contribution is 7.16. The lowest BCUT2D eigenvalue weighted by atomic mass is 9.99. The number of imidazole rings is 1. The smallest absolute Gasteiger partial charge is 0.229 e. The summed E-state index contributed by atoms with van der Waals surface area (Å²) in [6.07, 6.45) is 0.672. The second kappa shape index (κ2) is 7.73. The average Bonchev–Trinajstić information content (AvgIpc) is 3.03. The lowest BCUT2D eigenvalue weighted by Crippen LogP contribution is -2.37. The van der Waals surface area contributed by atoms with Crippen LogP contribution in [0.3, 0.4) is 0 Å². The molecule has 0 saturated heterocycles. The highest BCUT2D eigenvalue weighted by Crippen LogP contribution is 2.66. The van der Waals surface area contributed by atoms with Crippen molar-refractivity contribution in [1.29, 1.82) is 0 Å². The van der Waals surface area contributed by atoms with E-state index in [1.165, 1.54) is 24.7 Å². The van der Waals surface area contributed by atoms with E-state index in [0.717, 1.165) is 4.88 Å². The molecule has 3 aromatic heterocycles. The van der Waals surface area contributed by atoms with Crippen LogP contribution < -0.4 is 10.6 Å². The number of allylic oxidation sites excluding steroid dienone is 1. The van der Waals surface area contributed by atoms with Crippen LogP contribution >= 0.6 is 22.9 Å². The third kappa shape index (κ3) is 3.35. The van der Waals surface area contributed by atoms with Crippen molar-refractivity contribution in [3.63, 3.8) is 0 Å². The number of nitrogens with one attached hydrogen (secondary N) is 2. The van der Waals surface area contributed by atoms with Gasteiger partial charge in [-0.15, -0.1) is 11.3 Å². The van der Waals surface area contributed by atoms with Crippen LogP contribution in [0.4, 0.5) is 5.82 Å². The second-order valence-electron chi connectivity index (χ2n) is 8.38. The van der Waals surface area contributed by atoms with E-state index >= 15 is 0 Å². The van der Waals surface area contributed by atoms with Crippen LogP contribution in [0.1, 0.15) is 31.0 Å². The molecule has 1 amide bonds. The SMILES string of the molecule is CNC(=O)C12CC1C(n1cnc3c(NC(C)C)nc(C#Cc4ccc(Cl)s4)nc31)=C(O)[C@@H]2O. The molecule has 9 nitrogen and oxygen atoms in total. The number of nitrogens with zero attached hydrogens (tertiary/aromatic N) is 4. The Morgan fingerprint density at radius 2 is 2.15 bits per heavy atom. The number of thiophene rings is 1. The first-order valence-electron chi connectivity index (χ1n) is 10.4. The van der Waals surface area contributed by atoms with Gasteiger partial charge < -0.3 is 20.8 Å². The summed E-state index contributed by atoms with van der Waals surface area (Å²) in [5.41, 5.74) is 0.292. The largest absolute Gasteiger partial charge is 0.508 e. The van der Waals surface area contributed by atoms with Crippen LogP contribution in [-0.2, 0) is 4.79 Å². The van der Waals surface area contributed by atoms with Crippen LogP contribution in [-0.4, -0.2) is 54.8 Å². The molecule has 0 aliphatic heterocycles. The fraction of sp³-hybridized carbons (Fsp3) is 0.364. The molecule has 0 aromatic carbocycles. The number of aliphatic hydroxyl groups excluding tert-OH is 2. The minimum absolute atomic E-state index is 0.0791. The van der Waals surface area contributed by atoms with Crippen molar-refractivity contribution >= 4 is 51.5 Å². The van der Waals surface area contributed by atoms with Gasteiger partial charge in [-0.3, -0.25) is 9.36 Å². The van der Waals surface area contributed by atoms with Crippen molar-refractivity contribution < 1.29 is 15.0 Å². The number of aromatic nitrogens is 4. The number of carbonyl (C=O) groups is 1. The van der Waals surface area contributed by atoms with E-state index in [9.17, 15) is 15.0 Å². The Hall–Kier alpha value is -3.13. The molecule has 170 valence electrons. The lowest BCUT2D eigenvalue weighted by Gasteiger charge is -2.16. The zero-order chi connectivity index (χ0) is 23.5. The Morgan fingerprint density at radius 3 is 2.82 bits per heavy atom. The normalized spacial score (nSPS) is 23.5. The summed E-state index contributed by atoms with van der Waals surface area (Å²) < 4.78 is 2.26. The van der Waals surface area contributed by atoms with Gasteiger partial charge in [-0.2, -0.15) is 0 Å². The number of aliphatic hydroxyl groups is 2. The Balaban J connectivity index is 1.63. The van der Waals surface area contributed by atoms with Gasteiger partial charge in [0.25, 0.3) is 0 Å². The molecule has 4 N–H and O–H groups in total. The van der Waals surface area contributed by atoms with E-state index < -0.39 is 11.5 Å². The van der Waals surface area contributed by atoms with Gasteiger partial charge in [0, 0.05) is 19.0 Å². The number of hydrogen-bond donors (Lipinski definition) is 4. The van der Waals surface area contributed by atoms with Crippen LogP contribution in [0, 0.1) is 23.2 Å². The van der Waals surface area contributed by atoms with Gasteiger partial charge in [-0.25, -0.2) is 15.0 Å². The van der Waals surface area contributed by atoms with E-state index in [2.05, 4.69) is 37.4 Å². The highest BCUT2D eigenvalue weighted by atomic mass is 35.5. The molecular formula is C22H21ClN6O3S. The number of anilines is 1. The topological polar surface area (TPSA) is 125 Å². The monoisotopic (exact) mass is 484 g/mol. The quantitative estimate of drug-likeness (QED) is 0.419. The molecule has 2 aliphatic rings. The summed E-state index contributed by atoms with van der Waals surface area (Å²) in [4.78, 5) is 26.8. The van der Waals surface area contributed by atoms with Crippen molar-refractivity contribution in [1.82, 2.24) is 24.8 Å². The maximum absolute atomic E-state index is 12.5. The van der Waals surface area contributed by atoms with Gasteiger partial charge >= 0.3 is 0 Å². The first kappa shape index (κ1) is 21.7. The standard InChI is InChI=1S/C22H21ClN6O3S/c1-10(2)26-19-15-20(28-14(27-19)7-5-11-4-6-13(23)33-11)29(9-25-15)16-12-8-22(12,21(32)24-3)18(31)17(16)30/h4,6,9-10,12,18,30-31H,8H2,1-3H3,(H,24,32)(H,26,27,28)/t12?,18-,22?/m0/s1. The summed E-state index contributed by atoms with van der Waals surface area (Å²) in [6.45, 7) is 3.96. The van der Waals surface area contributed by atoms with Crippen molar-refractivity contribution in [2.75, 3.05) is 12.4 Å². The summed E-state index contributed by atoms with van der Waals surface area (Å²) in [5, 5.41) is 27.3. The Morgan fingerprint density at radius 1 is 1.36 bits per heavy atom. The predicted molar refractivity (Wildman–Crippen MR) is 126 cm³/mol.